The fourth-order valence-electron chi connectivity index (χ4n) is 4.16. The summed E-state index contributed by atoms with van der Waals surface area (Å²) >= 11 is 0. The highest BCUT2D eigenvalue weighted by molar-refractivity contribution is 5.95. The number of benzene rings is 2. The molecule has 0 bridgehead atoms. The molecule has 0 aliphatic heterocycles. The van der Waals surface area contributed by atoms with E-state index in [0.29, 0.717) is 18.7 Å². The molecule has 192 valence electrons. The fraction of sp³-hybridized carbons (Fsp3) is 0.533. The molecule has 0 radical (unpaired) electrons. The van der Waals surface area contributed by atoms with E-state index in [1.54, 1.807) is 24.3 Å². The molecule has 2 unspecified atom stereocenters. The summed E-state index contributed by atoms with van der Waals surface area (Å²) in [6.07, 6.45) is 11.5. The number of esters is 2. The molecule has 2 aromatic carbocycles. The maximum Gasteiger partial charge on any atom is 0.325 e. The first-order valence-electron chi connectivity index (χ1n) is 13.2. The second kappa shape index (κ2) is 16.9. The number of ether oxygens (including phenoxy) is 2. The van der Waals surface area contributed by atoms with E-state index in [0.717, 1.165) is 12.8 Å². The Kier molecular flexibility index (Phi) is 13.8. The Morgan fingerprint density at radius 2 is 1.43 bits per heavy atom. The highest BCUT2D eigenvalue weighted by Crippen LogP contribution is 2.18. The Hall–Kier alpha value is -2.66. The zero-order valence-electron chi connectivity index (χ0n) is 21.8. The van der Waals surface area contributed by atoms with Crippen LogP contribution in [0.4, 0.5) is 0 Å². The SMILES string of the molecule is CCCCCCCCCc1ccc(CNC(CC)CC(C(=O)OC)C(=O)Oc2ccccc2)cc1. The lowest BCUT2D eigenvalue weighted by Crippen LogP contribution is -2.37. The van der Waals surface area contributed by atoms with Crippen LogP contribution in [0.1, 0.15) is 82.8 Å². The Morgan fingerprint density at radius 1 is 0.800 bits per heavy atom. The van der Waals surface area contributed by atoms with Crippen molar-refractivity contribution in [3.63, 3.8) is 0 Å². The second-order valence-corrected chi connectivity index (χ2v) is 9.22. The van der Waals surface area contributed by atoms with Gasteiger partial charge in [0.1, 0.15) is 5.75 Å². The number of hydrogen-bond donors (Lipinski definition) is 1. The van der Waals surface area contributed by atoms with Crippen molar-refractivity contribution < 1.29 is 19.1 Å². The smallest absolute Gasteiger partial charge is 0.325 e. The van der Waals surface area contributed by atoms with Crippen molar-refractivity contribution in [3.8, 4) is 5.75 Å². The van der Waals surface area contributed by atoms with E-state index in [2.05, 4.69) is 36.5 Å². The maximum atomic E-state index is 12.7. The van der Waals surface area contributed by atoms with Crippen molar-refractivity contribution >= 4 is 11.9 Å². The third kappa shape index (κ3) is 11.1. The predicted molar refractivity (Wildman–Crippen MR) is 141 cm³/mol. The molecule has 0 saturated carbocycles. The molecule has 0 spiro atoms. The van der Waals surface area contributed by atoms with Crippen LogP contribution in [-0.4, -0.2) is 25.1 Å². The van der Waals surface area contributed by atoms with Gasteiger partial charge in [0.15, 0.2) is 5.92 Å². The number of aryl methyl sites for hydroxylation is 1. The van der Waals surface area contributed by atoms with Crippen molar-refractivity contribution in [1.82, 2.24) is 5.32 Å². The number of methoxy groups -OCH3 is 1. The summed E-state index contributed by atoms with van der Waals surface area (Å²) in [6.45, 7) is 4.97. The average molecular weight is 482 g/mol. The van der Waals surface area contributed by atoms with E-state index in [1.165, 1.54) is 63.2 Å². The van der Waals surface area contributed by atoms with Gasteiger partial charge in [-0.05, 0) is 48.9 Å². The lowest BCUT2D eigenvalue weighted by Gasteiger charge is -2.21. The van der Waals surface area contributed by atoms with Gasteiger partial charge in [-0.1, -0.05) is 94.8 Å². The first-order valence-corrected chi connectivity index (χ1v) is 13.2. The van der Waals surface area contributed by atoms with Crippen molar-refractivity contribution in [3.05, 3.63) is 65.7 Å². The van der Waals surface area contributed by atoms with Crippen LogP contribution in [0.5, 0.6) is 5.75 Å². The average Bonchev–Trinajstić information content (AvgIpc) is 2.89. The van der Waals surface area contributed by atoms with Crippen molar-refractivity contribution in [2.24, 2.45) is 5.92 Å². The molecule has 2 aromatic rings. The van der Waals surface area contributed by atoms with E-state index in [4.69, 9.17) is 9.47 Å². The quantitative estimate of drug-likeness (QED) is 0.119. The van der Waals surface area contributed by atoms with E-state index in [1.807, 2.05) is 13.0 Å². The lowest BCUT2D eigenvalue weighted by molar-refractivity contribution is -0.156. The Balaban J connectivity index is 1.81. The third-order valence-electron chi connectivity index (χ3n) is 6.43. The minimum Gasteiger partial charge on any atom is -0.468 e. The lowest BCUT2D eigenvalue weighted by atomic mass is 9.97. The van der Waals surface area contributed by atoms with Gasteiger partial charge in [-0.3, -0.25) is 9.59 Å². The largest absolute Gasteiger partial charge is 0.468 e. The normalized spacial score (nSPS) is 12.7. The molecular formula is C30H43NO4. The Bertz CT molecular complexity index is 850. The maximum absolute atomic E-state index is 12.7. The van der Waals surface area contributed by atoms with E-state index >= 15 is 0 Å². The van der Waals surface area contributed by atoms with Crippen molar-refractivity contribution in [2.75, 3.05) is 7.11 Å². The molecule has 0 aliphatic rings. The van der Waals surface area contributed by atoms with Gasteiger partial charge in [0.2, 0.25) is 0 Å². The van der Waals surface area contributed by atoms with Crippen molar-refractivity contribution in [2.45, 2.75) is 90.6 Å². The summed E-state index contributed by atoms with van der Waals surface area (Å²) in [5.74, 6) is -1.70. The minimum atomic E-state index is -0.970. The first-order chi connectivity index (χ1) is 17.1. The molecule has 2 atom stereocenters. The number of carbonyl (C=O) groups excluding carboxylic acids is 2. The predicted octanol–water partition coefficient (Wildman–Crippen LogP) is 6.63. The zero-order valence-corrected chi connectivity index (χ0v) is 21.8. The monoisotopic (exact) mass is 481 g/mol. The number of rotatable bonds is 17. The van der Waals surface area contributed by atoms with Crippen LogP contribution in [0.25, 0.3) is 0 Å². The summed E-state index contributed by atoms with van der Waals surface area (Å²) in [5, 5.41) is 3.49. The molecule has 0 aliphatic carbocycles. The van der Waals surface area contributed by atoms with E-state index in [-0.39, 0.29) is 6.04 Å². The van der Waals surface area contributed by atoms with Gasteiger partial charge in [0, 0.05) is 12.6 Å². The van der Waals surface area contributed by atoms with Gasteiger partial charge >= 0.3 is 11.9 Å². The topological polar surface area (TPSA) is 64.6 Å². The van der Waals surface area contributed by atoms with Gasteiger partial charge in [0.25, 0.3) is 0 Å². The Morgan fingerprint density at radius 3 is 2.06 bits per heavy atom. The van der Waals surface area contributed by atoms with E-state index in [9.17, 15) is 9.59 Å². The van der Waals surface area contributed by atoms with Crippen molar-refractivity contribution in [1.29, 1.82) is 0 Å². The van der Waals surface area contributed by atoms with Crippen LogP contribution in [-0.2, 0) is 27.3 Å². The summed E-state index contributed by atoms with van der Waals surface area (Å²) in [5.41, 5.74) is 2.57. The molecule has 0 aromatic heterocycles. The van der Waals surface area contributed by atoms with Gasteiger partial charge in [-0.15, -0.1) is 0 Å². The molecule has 35 heavy (non-hydrogen) atoms. The molecule has 5 heteroatoms. The van der Waals surface area contributed by atoms with Gasteiger partial charge < -0.3 is 14.8 Å². The standard InChI is InChI=1S/C30H43NO4/c1-4-6-7-8-9-10-12-15-24-18-20-25(21-19-24)23-31-26(5-2)22-28(29(32)34-3)30(33)35-27-16-13-11-14-17-27/h11,13-14,16-21,26,28,31H,4-10,12,15,22-23H2,1-3H3. The summed E-state index contributed by atoms with van der Waals surface area (Å²) in [4.78, 5) is 25.0. The van der Waals surface area contributed by atoms with Crippen LogP contribution in [0.15, 0.2) is 54.6 Å². The minimum absolute atomic E-state index is 0.0187. The third-order valence-corrected chi connectivity index (χ3v) is 6.43. The summed E-state index contributed by atoms with van der Waals surface area (Å²) in [7, 11) is 1.30. The van der Waals surface area contributed by atoms with Gasteiger partial charge in [0.05, 0.1) is 7.11 Å². The van der Waals surface area contributed by atoms with Crippen LogP contribution in [0.2, 0.25) is 0 Å². The summed E-state index contributed by atoms with van der Waals surface area (Å²) in [6, 6.07) is 17.5. The molecule has 1 N–H and O–H groups in total. The van der Waals surface area contributed by atoms with Crippen LogP contribution in [0.3, 0.4) is 0 Å². The van der Waals surface area contributed by atoms with Gasteiger partial charge in [-0.25, -0.2) is 0 Å². The molecule has 2 rings (SSSR count). The van der Waals surface area contributed by atoms with Crippen LogP contribution < -0.4 is 10.1 Å². The highest BCUT2D eigenvalue weighted by Gasteiger charge is 2.32. The van der Waals surface area contributed by atoms with Gasteiger partial charge in [-0.2, -0.15) is 0 Å². The molecule has 0 fully saturated rings. The fourth-order valence-corrected chi connectivity index (χ4v) is 4.16. The molecule has 0 heterocycles. The number of para-hydroxylation sites is 1. The molecule has 0 amide bonds. The molecule has 0 saturated heterocycles. The zero-order chi connectivity index (χ0) is 25.3. The van der Waals surface area contributed by atoms with E-state index < -0.39 is 17.9 Å². The van der Waals surface area contributed by atoms with Crippen LogP contribution in [0, 0.1) is 5.92 Å². The Labute approximate surface area is 211 Å². The molecular weight excluding hydrogens is 438 g/mol. The van der Waals surface area contributed by atoms with Crippen LogP contribution >= 0.6 is 0 Å². The number of hydrogen-bond acceptors (Lipinski definition) is 5. The summed E-state index contributed by atoms with van der Waals surface area (Å²) < 4.78 is 10.3. The highest BCUT2D eigenvalue weighted by atomic mass is 16.6. The number of unbranched alkanes of at least 4 members (excludes halogenated alkanes) is 6. The molecule has 5 nitrogen and oxygen atoms in total. The second-order valence-electron chi connectivity index (χ2n) is 9.22. The first kappa shape index (κ1) is 28.6. The number of carbonyl (C=O) groups is 2. The number of nitrogens with one attached hydrogen (secondary N) is 1.